The number of para-hydroxylation sites is 1. The Bertz CT molecular complexity index is 2550. The molecule has 308 valence electrons. The van der Waals surface area contributed by atoms with Crippen LogP contribution in [-0.2, 0) is 15.0 Å². The fourth-order valence-electron chi connectivity index (χ4n) is 10.7. The molecule has 0 radical (unpaired) electrons. The second-order valence-electron chi connectivity index (χ2n) is 17.2. The number of fused-ring (bicyclic) bond motifs is 4. The molecule has 5 aromatic carbocycles. The SMILES string of the molecule is CCCCC1(CCCC)C(C=C2C(=O)C(c3ccc4c(c3)C3CCCC3N4c3ccc(C=C(c4ccccc4)c4ccccc4)cc3)=C2[O-])=[N+](CCC(=O)O)c2ccccc21. The summed E-state index contributed by atoms with van der Waals surface area (Å²) in [5.74, 6) is -0.997. The summed E-state index contributed by atoms with van der Waals surface area (Å²) in [5, 5.41) is 24.0. The number of carbonyl (C=O) groups excluding carboxylic acids is 1. The van der Waals surface area contributed by atoms with Gasteiger partial charge in [0.2, 0.25) is 5.69 Å². The molecule has 2 aliphatic heterocycles. The molecule has 0 aromatic heterocycles. The lowest BCUT2D eigenvalue weighted by Gasteiger charge is -2.33. The molecular formula is C55H54N2O4. The van der Waals surface area contributed by atoms with Gasteiger partial charge in [-0.2, -0.15) is 4.58 Å². The number of rotatable bonds is 15. The molecule has 2 unspecified atom stereocenters. The third-order valence-electron chi connectivity index (χ3n) is 13.6. The van der Waals surface area contributed by atoms with Crippen molar-refractivity contribution in [2.24, 2.45) is 0 Å². The fourth-order valence-corrected chi connectivity index (χ4v) is 10.7. The minimum atomic E-state index is -0.874. The zero-order valence-corrected chi connectivity index (χ0v) is 35.3. The van der Waals surface area contributed by atoms with E-state index < -0.39 is 11.4 Å². The Hall–Kier alpha value is -6.27. The predicted molar refractivity (Wildman–Crippen MR) is 244 cm³/mol. The first-order valence-corrected chi connectivity index (χ1v) is 22.3. The maximum atomic E-state index is 14.3. The first-order valence-electron chi connectivity index (χ1n) is 22.3. The van der Waals surface area contributed by atoms with Crippen molar-refractivity contribution in [2.75, 3.05) is 11.4 Å². The van der Waals surface area contributed by atoms with Crippen LogP contribution in [0.2, 0.25) is 0 Å². The van der Waals surface area contributed by atoms with Crippen LogP contribution in [0.1, 0.15) is 117 Å². The van der Waals surface area contributed by atoms with E-state index in [9.17, 15) is 19.8 Å². The van der Waals surface area contributed by atoms with Crippen molar-refractivity contribution in [3.8, 4) is 0 Å². The third-order valence-corrected chi connectivity index (χ3v) is 13.6. The second kappa shape index (κ2) is 17.0. The second-order valence-corrected chi connectivity index (χ2v) is 17.2. The van der Waals surface area contributed by atoms with Gasteiger partial charge in [-0.1, -0.05) is 149 Å². The molecule has 4 aliphatic rings. The first kappa shape index (κ1) is 40.2. The molecule has 0 spiro atoms. The van der Waals surface area contributed by atoms with Crippen molar-refractivity contribution in [1.82, 2.24) is 0 Å². The van der Waals surface area contributed by atoms with Gasteiger partial charge in [0, 0.05) is 52.2 Å². The molecule has 1 saturated carbocycles. The van der Waals surface area contributed by atoms with E-state index in [1.54, 1.807) is 0 Å². The normalized spacial score (nSPS) is 19.2. The molecule has 6 heteroatoms. The Kier molecular flexibility index (Phi) is 11.2. The van der Waals surface area contributed by atoms with Crippen molar-refractivity contribution in [3.05, 3.63) is 178 Å². The number of aliphatic carboxylic acids is 1. The lowest BCUT2D eigenvalue weighted by atomic mass is 9.69. The lowest BCUT2D eigenvalue weighted by Crippen LogP contribution is -2.37. The Morgan fingerprint density at radius 3 is 2.13 bits per heavy atom. The van der Waals surface area contributed by atoms with Gasteiger partial charge < -0.3 is 15.1 Å². The van der Waals surface area contributed by atoms with Crippen LogP contribution in [0.15, 0.2) is 145 Å². The molecule has 0 amide bonds. The number of nitrogens with zero attached hydrogens (tertiary/aromatic N) is 2. The predicted octanol–water partition coefficient (Wildman–Crippen LogP) is 11.5. The summed E-state index contributed by atoms with van der Waals surface area (Å²) in [5.41, 5.74) is 11.9. The van der Waals surface area contributed by atoms with Gasteiger partial charge in [0.15, 0.2) is 18.0 Å². The minimum absolute atomic E-state index is 0.0448. The fraction of sp³-hybridized carbons (Fsp3) is 0.291. The summed E-state index contributed by atoms with van der Waals surface area (Å²) in [6.07, 6.45) is 13.1. The number of hydrogen-bond acceptors (Lipinski definition) is 4. The van der Waals surface area contributed by atoms with Gasteiger partial charge in [-0.15, -0.1) is 0 Å². The van der Waals surface area contributed by atoms with Gasteiger partial charge in [-0.3, -0.25) is 9.59 Å². The highest BCUT2D eigenvalue weighted by atomic mass is 16.4. The molecule has 9 rings (SSSR count). The van der Waals surface area contributed by atoms with Crippen LogP contribution in [-0.4, -0.2) is 39.7 Å². The summed E-state index contributed by atoms with van der Waals surface area (Å²) in [4.78, 5) is 28.7. The Balaban J connectivity index is 1.05. The van der Waals surface area contributed by atoms with E-state index in [1.165, 1.54) is 27.8 Å². The number of hydrogen-bond donors (Lipinski definition) is 1. The van der Waals surface area contributed by atoms with E-state index in [4.69, 9.17) is 0 Å². The number of carbonyl (C=O) groups is 2. The number of allylic oxidation sites excluding steroid dienone is 3. The minimum Gasteiger partial charge on any atom is -0.871 e. The number of Topliss-reactive ketones (excluding diaryl/α,β-unsaturated/α-hetero) is 1. The Morgan fingerprint density at radius 2 is 1.49 bits per heavy atom. The zero-order valence-electron chi connectivity index (χ0n) is 35.3. The average molecular weight is 807 g/mol. The van der Waals surface area contributed by atoms with E-state index in [-0.39, 0.29) is 35.7 Å². The number of anilines is 2. The van der Waals surface area contributed by atoms with Gasteiger partial charge in [0.25, 0.3) is 0 Å². The molecule has 2 atom stereocenters. The summed E-state index contributed by atoms with van der Waals surface area (Å²) in [6.45, 7) is 4.64. The molecular weight excluding hydrogens is 753 g/mol. The molecule has 0 saturated heterocycles. The lowest BCUT2D eigenvalue weighted by molar-refractivity contribution is -0.436. The number of benzene rings is 5. The van der Waals surface area contributed by atoms with E-state index in [0.717, 1.165) is 86.1 Å². The summed E-state index contributed by atoms with van der Waals surface area (Å²) < 4.78 is 2.08. The van der Waals surface area contributed by atoms with Crippen LogP contribution < -0.4 is 10.0 Å². The van der Waals surface area contributed by atoms with E-state index in [0.29, 0.717) is 17.5 Å². The number of ketones is 1. The largest absolute Gasteiger partial charge is 0.871 e. The molecule has 61 heavy (non-hydrogen) atoms. The van der Waals surface area contributed by atoms with Crippen LogP contribution in [0.5, 0.6) is 0 Å². The van der Waals surface area contributed by atoms with Crippen LogP contribution >= 0.6 is 0 Å². The third kappa shape index (κ3) is 7.26. The molecule has 1 N–H and O–H groups in total. The molecule has 2 heterocycles. The van der Waals surface area contributed by atoms with Gasteiger partial charge in [-0.05, 0) is 89.4 Å². The van der Waals surface area contributed by atoms with E-state index in [2.05, 4.69) is 126 Å². The Morgan fingerprint density at radius 1 is 0.836 bits per heavy atom. The highest BCUT2D eigenvalue weighted by molar-refractivity contribution is 6.40. The van der Waals surface area contributed by atoms with E-state index in [1.807, 2.05) is 36.4 Å². The van der Waals surface area contributed by atoms with E-state index >= 15 is 0 Å². The molecule has 0 bridgehead atoms. The van der Waals surface area contributed by atoms with Gasteiger partial charge in [0.1, 0.15) is 6.42 Å². The smallest absolute Gasteiger partial charge is 0.309 e. The number of carboxylic acids is 1. The van der Waals surface area contributed by atoms with Crippen LogP contribution in [0.25, 0.3) is 17.2 Å². The number of unbranched alkanes of at least 4 members (excludes halogenated alkanes) is 2. The highest BCUT2D eigenvalue weighted by Crippen LogP contribution is 2.54. The quantitative estimate of drug-likeness (QED) is 0.0647. The van der Waals surface area contributed by atoms with Gasteiger partial charge in [0.05, 0.1) is 5.41 Å². The molecule has 1 fully saturated rings. The number of carboxylic acid groups (broad SMARTS) is 1. The van der Waals surface area contributed by atoms with Gasteiger partial charge >= 0.3 is 5.97 Å². The molecule has 6 nitrogen and oxygen atoms in total. The summed E-state index contributed by atoms with van der Waals surface area (Å²) >= 11 is 0. The van der Waals surface area contributed by atoms with Crippen molar-refractivity contribution >= 4 is 51.7 Å². The summed E-state index contributed by atoms with van der Waals surface area (Å²) in [6, 6.07) is 44.7. The van der Waals surface area contributed by atoms with Crippen LogP contribution in [0, 0.1) is 0 Å². The van der Waals surface area contributed by atoms with Crippen molar-refractivity contribution in [1.29, 1.82) is 0 Å². The highest BCUT2D eigenvalue weighted by Gasteiger charge is 2.51. The topological polar surface area (TPSA) is 83.7 Å². The van der Waals surface area contributed by atoms with Crippen LogP contribution in [0.4, 0.5) is 17.1 Å². The zero-order chi connectivity index (χ0) is 42.1. The van der Waals surface area contributed by atoms with Crippen molar-refractivity contribution in [3.63, 3.8) is 0 Å². The first-order chi connectivity index (χ1) is 29.8. The van der Waals surface area contributed by atoms with Crippen LogP contribution in [0.3, 0.4) is 0 Å². The standard InChI is InChI=1S/C55H54N2O4/c1-3-5-31-55(32-6-4-2)46-21-13-14-22-49(46)56(33-30-51(58)59)50(55)36-45-53(60)52(54(45)61)40-26-29-48-44(35-40)42-20-15-23-47(42)57(48)41-27-24-37(25-28-41)34-43(38-16-9-7-10-17-38)39-18-11-8-12-19-39/h7-14,16-19,21-22,24-29,34-36,42,47H,3-6,15,20,23,30-33H2,1-2H3,(H-,58,59,60,61). The molecule has 2 aliphatic carbocycles. The van der Waals surface area contributed by atoms with Crippen molar-refractivity contribution < 1.29 is 24.4 Å². The maximum absolute atomic E-state index is 14.3. The average Bonchev–Trinajstić information content (AvgIpc) is 3.96. The maximum Gasteiger partial charge on any atom is 0.309 e. The van der Waals surface area contributed by atoms with Gasteiger partial charge in [-0.25, -0.2) is 0 Å². The Labute approximate surface area is 359 Å². The summed E-state index contributed by atoms with van der Waals surface area (Å²) in [7, 11) is 0. The monoisotopic (exact) mass is 806 g/mol. The molecule has 5 aromatic rings. The van der Waals surface area contributed by atoms with Crippen molar-refractivity contribution in [2.45, 2.75) is 95.4 Å².